The number of fused-ring (bicyclic) bond motifs is 3. The molecule has 0 bridgehead atoms. The lowest BCUT2D eigenvalue weighted by molar-refractivity contribution is 0.0162. The third-order valence-electron chi connectivity index (χ3n) is 5.74. The Hall–Kier alpha value is -1.90. The van der Waals surface area contributed by atoms with E-state index in [0.717, 1.165) is 12.1 Å². The molecule has 30 heavy (non-hydrogen) atoms. The Morgan fingerprint density at radius 3 is 2.50 bits per heavy atom. The molecule has 2 aromatic carbocycles. The average Bonchev–Trinajstić information content (AvgIpc) is 3.02. The van der Waals surface area contributed by atoms with Crippen molar-refractivity contribution in [1.29, 1.82) is 0 Å². The van der Waals surface area contributed by atoms with E-state index in [4.69, 9.17) is 0 Å². The smallest absolute Gasteiger partial charge is 0.143 e. The molecule has 2 N–H and O–H groups in total. The fraction of sp³-hybridized carbons (Fsp3) is 0.364. The SMILES string of the molecule is CC1Cc2c([nH]c3cccc(F)c23)C(c2c(F)cc(Br)cc2F)N1CC(C)(F)CO. The van der Waals surface area contributed by atoms with E-state index in [-0.39, 0.29) is 22.6 Å². The van der Waals surface area contributed by atoms with Crippen molar-refractivity contribution in [3.8, 4) is 0 Å². The molecule has 2 heterocycles. The van der Waals surface area contributed by atoms with E-state index in [9.17, 15) is 13.9 Å². The Morgan fingerprint density at radius 2 is 1.87 bits per heavy atom. The summed E-state index contributed by atoms with van der Waals surface area (Å²) in [5, 5.41) is 9.83. The van der Waals surface area contributed by atoms with Gasteiger partial charge in [-0.2, -0.15) is 0 Å². The lowest BCUT2D eigenvalue weighted by Gasteiger charge is -2.43. The number of halogens is 5. The molecule has 0 saturated carbocycles. The van der Waals surface area contributed by atoms with E-state index >= 15 is 8.78 Å². The van der Waals surface area contributed by atoms with Crippen LogP contribution in [0.1, 0.15) is 36.7 Å². The van der Waals surface area contributed by atoms with Crippen molar-refractivity contribution < 1.29 is 22.7 Å². The van der Waals surface area contributed by atoms with Crippen LogP contribution in [0, 0.1) is 17.5 Å². The van der Waals surface area contributed by atoms with Crippen LogP contribution in [0.5, 0.6) is 0 Å². The number of aromatic nitrogens is 1. The Labute approximate surface area is 179 Å². The summed E-state index contributed by atoms with van der Waals surface area (Å²) in [4.78, 5) is 4.74. The van der Waals surface area contributed by atoms with Crippen LogP contribution in [0.4, 0.5) is 17.6 Å². The number of benzene rings is 2. The van der Waals surface area contributed by atoms with Gasteiger partial charge in [-0.25, -0.2) is 17.6 Å². The van der Waals surface area contributed by atoms with E-state index in [2.05, 4.69) is 20.9 Å². The zero-order chi connectivity index (χ0) is 21.8. The van der Waals surface area contributed by atoms with Gasteiger partial charge in [0.25, 0.3) is 0 Å². The highest BCUT2D eigenvalue weighted by Crippen LogP contribution is 2.44. The molecule has 1 aromatic heterocycles. The maximum absolute atomic E-state index is 15.0. The number of nitrogens with one attached hydrogen (secondary N) is 1. The van der Waals surface area contributed by atoms with Gasteiger partial charge in [-0.3, -0.25) is 4.90 Å². The van der Waals surface area contributed by atoms with Gasteiger partial charge in [-0.05, 0) is 50.1 Å². The number of H-pyrrole nitrogens is 1. The topological polar surface area (TPSA) is 39.3 Å². The van der Waals surface area contributed by atoms with Crippen molar-refractivity contribution in [2.75, 3.05) is 13.2 Å². The highest BCUT2D eigenvalue weighted by atomic mass is 79.9. The van der Waals surface area contributed by atoms with E-state index in [1.807, 2.05) is 0 Å². The minimum absolute atomic E-state index is 0.241. The minimum Gasteiger partial charge on any atom is -0.393 e. The van der Waals surface area contributed by atoms with Crippen LogP contribution in [0.25, 0.3) is 10.9 Å². The van der Waals surface area contributed by atoms with Gasteiger partial charge >= 0.3 is 0 Å². The molecule has 1 aliphatic rings. The molecule has 0 spiro atoms. The van der Waals surface area contributed by atoms with Gasteiger partial charge in [0.15, 0.2) is 0 Å². The van der Waals surface area contributed by atoms with Gasteiger partial charge in [0.05, 0.1) is 12.6 Å². The van der Waals surface area contributed by atoms with Crippen LogP contribution >= 0.6 is 15.9 Å². The monoisotopic (exact) mass is 484 g/mol. The first-order valence-corrected chi connectivity index (χ1v) is 10.4. The average molecular weight is 485 g/mol. The normalized spacial score (nSPS) is 21.6. The largest absolute Gasteiger partial charge is 0.393 e. The molecule has 3 unspecified atom stereocenters. The third-order valence-corrected chi connectivity index (χ3v) is 6.20. The molecule has 0 amide bonds. The molecule has 3 atom stereocenters. The van der Waals surface area contributed by atoms with Gasteiger partial charge in [0.2, 0.25) is 0 Å². The van der Waals surface area contributed by atoms with Crippen LogP contribution in [-0.4, -0.2) is 39.9 Å². The molecule has 0 saturated heterocycles. The van der Waals surface area contributed by atoms with Crippen LogP contribution < -0.4 is 0 Å². The zero-order valence-electron chi connectivity index (χ0n) is 16.4. The lowest BCUT2D eigenvalue weighted by atomic mass is 9.87. The van der Waals surface area contributed by atoms with Crippen molar-refractivity contribution in [2.24, 2.45) is 0 Å². The molecule has 3 aromatic rings. The number of aliphatic hydroxyl groups is 1. The molecular formula is C22H21BrF4N2O. The minimum atomic E-state index is -1.98. The predicted octanol–water partition coefficient (Wildman–Crippen LogP) is 5.40. The van der Waals surface area contributed by atoms with E-state index in [0.29, 0.717) is 28.6 Å². The van der Waals surface area contributed by atoms with Crippen molar-refractivity contribution >= 4 is 26.8 Å². The van der Waals surface area contributed by atoms with E-state index in [1.165, 1.54) is 13.0 Å². The first kappa shape index (κ1) is 21.3. The van der Waals surface area contributed by atoms with Crippen molar-refractivity contribution in [3.05, 3.63) is 69.1 Å². The van der Waals surface area contributed by atoms with Crippen molar-refractivity contribution in [2.45, 2.75) is 38.0 Å². The molecule has 0 fully saturated rings. The maximum atomic E-state index is 15.0. The summed E-state index contributed by atoms with van der Waals surface area (Å²) >= 11 is 3.08. The number of aromatic amines is 1. The number of hydrogen-bond acceptors (Lipinski definition) is 2. The molecule has 160 valence electrons. The van der Waals surface area contributed by atoms with Crippen molar-refractivity contribution in [3.63, 3.8) is 0 Å². The quantitative estimate of drug-likeness (QED) is 0.486. The zero-order valence-corrected chi connectivity index (χ0v) is 18.0. The maximum Gasteiger partial charge on any atom is 0.143 e. The summed E-state index contributed by atoms with van der Waals surface area (Å²) in [6.45, 7) is 2.06. The van der Waals surface area contributed by atoms with Crippen LogP contribution in [0.2, 0.25) is 0 Å². The number of aliphatic hydroxyl groups excluding tert-OH is 1. The highest BCUT2D eigenvalue weighted by molar-refractivity contribution is 9.10. The molecule has 0 aliphatic carbocycles. The Balaban J connectivity index is 1.99. The summed E-state index contributed by atoms with van der Waals surface area (Å²) in [6, 6.07) is 5.54. The van der Waals surface area contributed by atoms with Crippen LogP contribution in [0.15, 0.2) is 34.8 Å². The number of nitrogens with zero attached hydrogens (tertiary/aromatic N) is 1. The van der Waals surface area contributed by atoms with Crippen LogP contribution in [0.3, 0.4) is 0 Å². The fourth-order valence-electron chi connectivity index (χ4n) is 4.37. The second kappa shape index (κ2) is 7.66. The van der Waals surface area contributed by atoms with E-state index in [1.54, 1.807) is 24.0 Å². The molecule has 3 nitrogen and oxygen atoms in total. The standard InChI is InChI=1S/C22H21BrF4N2O/c1-11-6-13-18-14(24)4-3-5-17(18)28-20(13)21(29(11)9-22(2,27)10-30)19-15(25)7-12(23)8-16(19)26/h3-5,7-8,11,21,28,30H,6,9-10H2,1-2H3. The summed E-state index contributed by atoms with van der Waals surface area (Å²) in [7, 11) is 0. The molecular weight excluding hydrogens is 464 g/mol. The summed E-state index contributed by atoms with van der Waals surface area (Å²) in [5.74, 6) is -2.01. The molecule has 1 aliphatic heterocycles. The van der Waals surface area contributed by atoms with Gasteiger partial charge in [-0.15, -0.1) is 0 Å². The second-order valence-electron chi connectivity index (χ2n) is 8.16. The lowest BCUT2D eigenvalue weighted by Crippen LogP contribution is -2.50. The molecule has 8 heteroatoms. The van der Waals surface area contributed by atoms with Crippen LogP contribution in [-0.2, 0) is 6.42 Å². The number of alkyl halides is 1. The Bertz CT molecular complexity index is 1090. The Morgan fingerprint density at radius 1 is 1.20 bits per heavy atom. The Kier molecular flexibility index (Phi) is 5.45. The first-order chi connectivity index (χ1) is 14.1. The molecule has 4 rings (SSSR count). The van der Waals surface area contributed by atoms with Gasteiger partial charge in [0, 0.05) is 39.2 Å². The first-order valence-electron chi connectivity index (χ1n) is 9.62. The van der Waals surface area contributed by atoms with E-state index < -0.39 is 35.8 Å². The number of rotatable bonds is 4. The van der Waals surface area contributed by atoms with Crippen molar-refractivity contribution in [1.82, 2.24) is 9.88 Å². The number of hydrogen-bond donors (Lipinski definition) is 2. The summed E-state index contributed by atoms with van der Waals surface area (Å²) in [5.41, 5.74) is -0.650. The summed E-state index contributed by atoms with van der Waals surface area (Å²) in [6.07, 6.45) is 0.369. The predicted molar refractivity (Wildman–Crippen MR) is 111 cm³/mol. The highest BCUT2D eigenvalue weighted by Gasteiger charge is 2.42. The van der Waals surface area contributed by atoms with Gasteiger partial charge in [0.1, 0.15) is 23.1 Å². The van der Waals surface area contributed by atoms with Gasteiger partial charge < -0.3 is 10.1 Å². The second-order valence-corrected chi connectivity index (χ2v) is 9.08. The molecule has 0 radical (unpaired) electrons. The van der Waals surface area contributed by atoms with Gasteiger partial charge in [-0.1, -0.05) is 22.0 Å². The fourth-order valence-corrected chi connectivity index (χ4v) is 4.77. The third kappa shape index (κ3) is 3.55. The summed E-state index contributed by atoms with van der Waals surface area (Å²) < 4.78 is 59.7.